The summed E-state index contributed by atoms with van der Waals surface area (Å²) in [6, 6.07) is 0.970. The fourth-order valence-electron chi connectivity index (χ4n) is 2.87. The molecule has 27 heavy (non-hydrogen) atoms. The van der Waals surface area contributed by atoms with Crippen molar-refractivity contribution in [3.63, 3.8) is 0 Å². The highest BCUT2D eigenvalue weighted by atomic mass is 19.4. The second-order valence-corrected chi connectivity index (χ2v) is 8.72. The van der Waals surface area contributed by atoms with Crippen molar-refractivity contribution in [2.45, 2.75) is 78.8 Å². The van der Waals surface area contributed by atoms with Gasteiger partial charge < -0.3 is 0 Å². The number of hydrogen-bond acceptors (Lipinski definition) is 4. The lowest BCUT2D eigenvalue weighted by atomic mass is 9.83. The molecule has 0 spiro atoms. The molecule has 2 aromatic rings. The van der Waals surface area contributed by atoms with Crippen molar-refractivity contribution in [2.75, 3.05) is 0 Å². The number of aryl methyl sites for hydroxylation is 3. The molecule has 0 amide bonds. The molecular formula is C20H27F3N4. The van der Waals surface area contributed by atoms with Crippen LogP contribution in [0.5, 0.6) is 0 Å². The molecule has 2 aromatic heterocycles. The van der Waals surface area contributed by atoms with Gasteiger partial charge in [-0.2, -0.15) is 13.2 Å². The van der Waals surface area contributed by atoms with Crippen molar-refractivity contribution in [3.05, 3.63) is 46.1 Å². The predicted molar refractivity (Wildman–Crippen MR) is 98.7 cm³/mol. The zero-order valence-electron chi connectivity index (χ0n) is 17.2. The Morgan fingerprint density at radius 3 is 1.74 bits per heavy atom. The van der Waals surface area contributed by atoms with Crippen LogP contribution in [0.4, 0.5) is 13.2 Å². The summed E-state index contributed by atoms with van der Waals surface area (Å²) >= 11 is 0. The molecule has 0 saturated carbocycles. The van der Waals surface area contributed by atoms with E-state index in [-0.39, 0.29) is 11.2 Å². The smallest absolute Gasteiger partial charge is 0.238 e. The van der Waals surface area contributed by atoms with Gasteiger partial charge in [-0.1, -0.05) is 34.6 Å². The van der Waals surface area contributed by atoms with Gasteiger partial charge in [0.1, 0.15) is 17.3 Å². The van der Waals surface area contributed by atoms with Gasteiger partial charge in [0.2, 0.25) is 0 Å². The molecule has 0 saturated heterocycles. The van der Waals surface area contributed by atoms with Crippen molar-refractivity contribution < 1.29 is 13.2 Å². The summed E-state index contributed by atoms with van der Waals surface area (Å²) in [5.41, 5.74) is 1.11. The van der Waals surface area contributed by atoms with Gasteiger partial charge in [-0.3, -0.25) is 0 Å². The Bertz CT molecular complexity index is 826. The zero-order chi connectivity index (χ0) is 20.8. The average molecular weight is 380 g/mol. The highest BCUT2D eigenvalue weighted by molar-refractivity contribution is 5.30. The summed E-state index contributed by atoms with van der Waals surface area (Å²) < 4.78 is 39.4. The van der Waals surface area contributed by atoms with Crippen molar-refractivity contribution in [2.24, 2.45) is 0 Å². The Morgan fingerprint density at radius 2 is 1.30 bits per heavy atom. The van der Waals surface area contributed by atoms with Gasteiger partial charge in [-0.15, -0.1) is 0 Å². The number of alkyl halides is 3. The Kier molecular flexibility index (Phi) is 5.38. The average Bonchev–Trinajstić information content (AvgIpc) is 2.48. The first-order valence-corrected chi connectivity index (χ1v) is 8.89. The van der Waals surface area contributed by atoms with Crippen LogP contribution in [0.2, 0.25) is 0 Å². The van der Waals surface area contributed by atoms with Gasteiger partial charge in [0.15, 0.2) is 0 Å². The van der Waals surface area contributed by atoms with E-state index in [1.54, 1.807) is 6.92 Å². The predicted octanol–water partition coefficient (Wildman–Crippen LogP) is 5.03. The summed E-state index contributed by atoms with van der Waals surface area (Å²) in [6.07, 6.45) is -4.04. The molecule has 0 atom stereocenters. The van der Waals surface area contributed by atoms with E-state index >= 15 is 0 Å². The minimum atomic E-state index is -4.50. The standard InChI is InChI=1S/C20H27F3N4/c1-11-9-15(20(21,22)23)27-17(24-11)19(7,8)10-14-12(2)25-16(18(4,5)6)26-13(14)3/h9H,10H2,1-8H3. The van der Waals surface area contributed by atoms with E-state index in [4.69, 9.17) is 0 Å². The first kappa shape index (κ1) is 21.3. The molecule has 7 heteroatoms. The fraction of sp³-hybridized carbons (Fsp3) is 0.600. The summed E-state index contributed by atoms with van der Waals surface area (Å²) in [6.45, 7) is 15.2. The fourth-order valence-corrected chi connectivity index (χ4v) is 2.87. The first-order valence-electron chi connectivity index (χ1n) is 8.89. The summed E-state index contributed by atoms with van der Waals surface area (Å²) in [5.74, 6) is 0.929. The second kappa shape index (κ2) is 6.84. The van der Waals surface area contributed by atoms with Crippen LogP contribution in [-0.2, 0) is 23.4 Å². The van der Waals surface area contributed by atoms with Gasteiger partial charge in [0, 0.05) is 27.9 Å². The lowest BCUT2D eigenvalue weighted by molar-refractivity contribution is -0.141. The highest BCUT2D eigenvalue weighted by Gasteiger charge is 2.36. The van der Waals surface area contributed by atoms with Crippen LogP contribution in [-0.4, -0.2) is 19.9 Å². The van der Waals surface area contributed by atoms with Crippen LogP contribution in [0, 0.1) is 20.8 Å². The number of rotatable bonds is 3. The molecule has 0 N–H and O–H groups in total. The lowest BCUT2D eigenvalue weighted by Crippen LogP contribution is -2.28. The molecular weight excluding hydrogens is 353 g/mol. The van der Waals surface area contributed by atoms with E-state index in [1.807, 2.05) is 48.5 Å². The normalized spacial score (nSPS) is 13.1. The summed E-state index contributed by atoms with van der Waals surface area (Å²) in [7, 11) is 0. The Balaban J connectivity index is 2.47. The summed E-state index contributed by atoms with van der Waals surface area (Å²) in [5, 5.41) is 0. The van der Waals surface area contributed by atoms with Crippen molar-refractivity contribution in [3.8, 4) is 0 Å². The molecule has 0 radical (unpaired) electrons. The van der Waals surface area contributed by atoms with Crippen LogP contribution in [0.25, 0.3) is 0 Å². The molecule has 2 heterocycles. The Morgan fingerprint density at radius 1 is 0.778 bits per heavy atom. The number of aromatic nitrogens is 4. The molecule has 2 rings (SSSR count). The minimum Gasteiger partial charge on any atom is -0.238 e. The summed E-state index contributed by atoms with van der Waals surface area (Å²) in [4.78, 5) is 17.3. The first-order chi connectivity index (χ1) is 12.1. The maximum Gasteiger partial charge on any atom is 0.433 e. The number of hydrogen-bond donors (Lipinski definition) is 0. The van der Waals surface area contributed by atoms with E-state index in [0.717, 1.165) is 28.8 Å². The van der Waals surface area contributed by atoms with Gasteiger partial charge in [0.25, 0.3) is 0 Å². The van der Waals surface area contributed by atoms with Gasteiger partial charge in [0.05, 0.1) is 0 Å². The van der Waals surface area contributed by atoms with E-state index in [0.29, 0.717) is 12.1 Å². The largest absolute Gasteiger partial charge is 0.433 e. The van der Waals surface area contributed by atoms with Crippen molar-refractivity contribution in [1.82, 2.24) is 19.9 Å². The number of halogens is 3. The third-order valence-electron chi connectivity index (χ3n) is 4.46. The van der Waals surface area contributed by atoms with Crippen molar-refractivity contribution >= 4 is 0 Å². The minimum absolute atomic E-state index is 0.175. The maximum absolute atomic E-state index is 13.1. The molecule has 0 aliphatic carbocycles. The molecule has 0 bridgehead atoms. The highest BCUT2D eigenvalue weighted by Crippen LogP contribution is 2.32. The lowest BCUT2D eigenvalue weighted by Gasteiger charge is -2.26. The third-order valence-corrected chi connectivity index (χ3v) is 4.46. The van der Waals surface area contributed by atoms with Crippen molar-refractivity contribution in [1.29, 1.82) is 0 Å². The van der Waals surface area contributed by atoms with Crippen LogP contribution in [0.1, 0.15) is 74.6 Å². The number of nitrogens with zero attached hydrogens (tertiary/aromatic N) is 4. The third kappa shape index (κ3) is 4.82. The molecule has 0 aromatic carbocycles. The second-order valence-electron chi connectivity index (χ2n) is 8.72. The maximum atomic E-state index is 13.1. The van der Waals surface area contributed by atoms with Crippen LogP contribution in [0.3, 0.4) is 0 Å². The van der Waals surface area contributed by atoms with Crippen LogP contribution >= 0.6 is 0 Å². The van der Waals surface area contributed by atoms with E-state index in [1.165, 1.54) is 0 Å². The molecule has 0 aliphatic heterocycles. The monoisotopic (exact) mass is 380 g/mol. The molecule has 0 fully saturated rings. The Hall–Kier alpha value is -2.05. The van der Waals surface area contributed by atoms with Crippen LogP contribution in [0.15, 0.2) is 6.07 Å². The van der Waals surface area contributed by atoms with Gasteiger partial charge in [-0.05, 0) is 38.8 Å². The topological polar surface area (TPSA) is 51.6 Å². The van der Waals surface area contributed by atoms with Crippen LogP contribution < -0.4 is 0 Å². The van der Waals surface area contributed by atoms with Gasteiger partial charge >= 0.3 is 6.18 Å². The Labute approximate surface area is 158 Å². The zero-order valence-corrected chi connectivity index (χ0v) is 17.2. The van der Waals surface area contributed by atoms with E-state index in [9.17, 15) is 13.2 Å². The SMILES string of the molecule is Cc1cc(C(F)(F)F)nc(C(C)(C)Cc2c(C)nc(C(C)(C)C)nc2C)n1. The molecule has 148 valence electrons. The molecule has 0 unspecified atom stereocenters. The molecule has 4 nitrogen and oxygen atoms in total. The molecule has 0 aliphatic rings. The van der Waals surface area contributed by atoms with E-state index < -0.39 is 17.3 Å². The van der Waals surface area contributed by atoms with E-state index in [2.05, 4.69) is 19.9 Å². The quantitative estimate of drug-likeness (QED) is 0.749. The van der Waals surface area contributed by atoms with Gasteiger partial charge in [-0.25, -0.2) is 19.9 Å².